The van der Waals surface area contributed by atoms with Gasteiger partial charge in [0.2, 0.25) is 5.91 Å². The lowest BCUT2D eigenvalue weighted by molar-refractivity contribution is -0.142. The summed E-state index contributed by atoms with van der Waals surface area (Å²) in [6.45, 7) is 7.75. The lowest BCUT2D eigenvalue weighted by Crippen LogP contribution is -2.50. The van der Waals surface area contributed by atoms with Crippen LogP contribution in [0.4, 0.5) is 0 Å². The van der Waals surface area contributed by atoms with E-state index in [4.69, 9.17) is 4.74 Å². The van der Waals surface area contributed by atoms with Crippen LogP contribution in [0.5, 0.6) is 5.75 Å². The second-order valence-electron chi connectivity index (χ2n) is 7.09. The van der Waals surface area contributed by atoms with Crippen molar-refractivity contribution in [2.45, 2.75) is 46.3 Å². The van der Waals surface area contributed by atoms with Crippen molar-refractivity contribution in [3.05, 3.63) is 64.1 Å². The molecule has 0 aliphatic heterocycles. The van der Waals surface area contributed by atoms with Crippen LogP contribution in [-0.2, 0) is 16.1 Å². The molecule has 2 aromatic carbocycles. The van der Waals surface area contributed by atoms with Crippen LogP contribution in [0.25, 0.3) is 0 Å². The SMILES string of the molecule is Cc1cccc(CN(C(=O)COc2ccc(Br)cc2)C(C)C(=O)NC(C)C)c1. The van der Waals surface area contributed by atoms with Gasteiger partial charge >= 0.3 is 0 Å². The smallest absolute Gasteiger partial charge is 0.261 e. The number of nitrogens with one attached hydrogen (secondary N) is 1. The third-order valence-electron chi connectivity index (χ3n) is 4.21. The second-order valence-corrected chi connectivity index (χ2v) is 8.01. The molecule has 150 valence electrons. The summed E-state index contributed by atoms with van der Waals surface area (Å²) in [6, 6.07) is 14.6. The Kier molecular flexibility index (Phi) is 8.05. The Bertz CT molecular complexity index is 806. The van der Waals surface area contributed by atoms with E-state index in [1.54, 1.807) is 24.0 Å². The summed E-state index contributed by atoms with van der Waals surface area (Å²) in [5.74, 6) is 0.182. The van der Waals surface area contributed by atoms with Crippen LogP contribution >= 0.6 is 15.9 Å². The summed E-state index contributed by atoms with van der Waals surface area (Å²) >= 11 is 3.37. The van der Waals surface area contributed by atoms with Crippen molar-refractivity contribution in [2.75, 3.05) is 6.61 Å². The van der Waals surface area contributed by atoms with E-state index in [0.29, 0.717) is 12.3 Å². The zero-order valence-electron chi connectivity index (χ0n) is 16.7. The third kappa shape index (κ3) is 6.68. The number of halogens is 1. The van der Waals surface area contributed by atoms with Crippen LogP contribution in [0.15, 0.2) is 53.0 Å². The Hall–Kier alpha value is -2.34. The molecule has 0 radical (unpaired) electrons. The minimum absolute atomic E-state index is 0.00453. The first-order valence-corrected chi connectivity index (χ1v) is 10.1. The van der Waals surface area contributed by atoms with Crippen LogP contribution in [0.3, 0.4) is 0 Å². The molecular formula is C22H27BrN2O3. The van der Waals surface area contributed by atoms with Crippen molar-refractivity contribution in [2.24, 2.45) is 0 Å². The lowest BCUT2D eigenvalue weighted by Gasteiger charge is -2.29. The highest BCUT2D eigenvalue weighted by Gasteiger charge is 2.26. The van der Waals surface area contributed by atoms with E-state index in [-0.39, 0.29) is 24.5 Å². The zero-order chi connectivity index (χ0) is 20.7. The van der Waals surface area contributed by atoms with Crippen molar-refractivity contribution < 1.29 is 14.3 Å². The standard InChI is InChI=1S/C22H27BrN2O3/c1-15(2)24-22(27)17(4)25(13-18-7-5-6-16(3)12-18)21(26)14-28-20-10-8-19(23)9-11-20/h5-12,15,17H,13-14H2,1-4H3,(H,24,27). The molecule has 28 heavy (non-hydrogen) atoms. The molecule has 0 saturated carbocycles. The van der Waals surface area contributed by atoms with Gasteiger partial charge < -0.3 is 15.0 Å². The summed E-state index contributed by atoms with van der Waals surface area (Å²) in [5, 5.41) is 2.88. The van der Waals surface area contributed by atoms with E-state index in [0.717, 1.165) is 15.6 Å². The van der Waals surface area contributed by atoms with E-state index in [9.17, 15) is 9.59 Å². The zero-order valence-corrected chi connectivity index (χ0v) is 18.3. The monoisotopic (exact) mass is 446 g/mol. The predicted molar refractivity (Wildman–Crippen MR) is 114 cm³/mol. The first-order valence-electron chi connectivity index (χ1n) is 9.30. The molecule has 0 saturated heterocycles. The number of benzene rings is 2. The molecule has 0 spiro atoms. The molecular weight excluding hydrogens is 420 g/mol. The lowest BCUT2D eigenvalue weighted by atomic mass is 10.1. The highest BCUT2D eigenvalue weighted by Crippen LogP contribution is 2.17. The molecule has 1 N–H and O–H groups in total. The fourth-order valence-electron chi connectivity index (χ4n) is 2.75. The molecule has 1 unspecified atom stereocenters. The van der Waals surface area contributed by atoms with Crippen LogP contribution in [0.1, 0.15) is 31.9 Å². The minimum Gasteiger partial charge on any atom is -0.484 e. The number of aryl methyl sites for hydroxylation is 1. The number of nitrogens with zero attached hydrogens (tertiary/aromatic N) is 1. The van der Waals surface area contributed by atoms with Crippen LogP contribution in [0.2, 0.25) is 0 Å². The number of rotatable bonds is 8. The molecule has 0 aliphatic carbocycles. The van der Waals surface area contributed by atoms with E-state index < -0.39 is 6.04 Å². The first-order chi connectivity index (χ1) is 13.3. The van der Waals surface area contributed by atoms with Gasteiger partial charge in [0.25, 0.3) is 5.91 Å². The average Bonchev–Trinajstić information content (AvgIpc) is 2.64. The maximum Gasteiger partial charge on any atom is 0.261 e. The van der Waals surface area contributed by atoms with Crippen molar-refractivity contribution in [3.63, 3.8) is 0 Å². The fourth-order valence-corrected chi connectivity index (χ4v) is 3.02. The number of carbonyl (C=O) groups excluding carboxylic acids is 2. The van der Waals surface area contributed by atoms with Gasteiger partial charge in [-0.15, -0.1) is 0 Å². The number of carbonyl (C=O) groups is 2. The summed E-state index contributed by atoms with van der Waals surface area (Å²) in [6.07, 6.45) is 0. The Morgan fingerprint density at radius 1 is 1.11 bits per heavy atom. The van der Waals surface area contributed by atoms with E-state index >= 15 is 0 Å². The minimum atomic E-state index is -0.607. The number of hydrogen-bond acceptors (Lipinski definition) is 3. The Balaban J connectivity index is 2.14. The van der Waals surface area contributed by atoms with Crippen molar-refractivity contribution >= 4 is 27.7 Å². The summed E-state index contributed by atoms with van der Waals surface area (Å²) in [7, 11) is 0. The van der Waals surface area contributed by atoms with Gasteiger partial charge in [-0.3, -0.25) is 9.59 Å². The van der Waals surface area contributed by atoms with Crippen molar-refractivity contribution in [3.8, 4) is 5.75 Å². The van der Waals surface area contributed by atoms with Crippen molar-refractivity contribution in [1.82, 2.24) is 10.2 Å². The quantitative estimate of drug-likeness (QED) is 0.664. The van der Waals surface area contributed by atoms with Crippen LogP contribution in [0, 0.1) is 6.92 Å². The average molecular weight is 447 g/mol. The van der Waals surface area contributed by atoms with E-state index in [1.165, 1.54) is 0 Å². The van der Waals surface area contributed by atoms with Gasteiger partial charge in [0.05, 0.1) is 0 Å². The summed E-state index contributed by atoms with van der Waals surface area (Å²) < 4.78 is 6.57. The topological polar surface area (TPSA) is 58.6 Å². The number of hydrogen-bond donors (Lipinski definition) is 1. The van der Waals surface area contributed by atoms with Crippen molar-refractivity contribution in [1.29, 1.82) is 0 Å². The largest absolute Gasteiger partial charge is 0.484 e. The summed E-state index contributed by atoms with van der Waals surface area (Å²) in [4.78, 5) is 27.0. The molecule has 0 bridgehead atoms. The molecule has 2 rings (SSSR count). The predicted octanol–water partition coefficient (Wildman–Crippen LogP) is 4.08. The molecule has 6 heteroatoms. The Morgan fingerprint density at radius 2 is 1.79 bits per heavy atom. The maximum atomic E-state index is 12.9. The van der Waals surface area contributed by atoms with Crippen LogP contribution < -0.4 is 10.1 Å². The van der Waals surface area contributed by atoms with Gasteiger partial charge in [-0.25, -0.2) is 0 Å². The second kappa shape index (κ2) is 10.3. The first kappa shape index (κ1) is 22.0. The Labute approximate surface area is 175 Å². The normalized spacial score (nSPS) is 11.8. The van der Waals surface area contributed by atoms with E-state index in [2.05, 4.69) is 21.2 Å². The highest BCUT2D eigenvalue weighted by atomic mass is 79.9. The van der Waals surface area contributed by atoms with Gasteiger partial charge in [0.15, 0.2) is 6.61 Å². The highest BCUT2D eigenvalue weighted by molar-refractivity contribution is 9.10. The molecule has 2 aromatic rings. The Morgan fingerprint density at radius 3 is 2.39 bits per heavy atom. The van der Waals surface area contributed by atoms with E-state index in [1.807, 2.05) is 57.2 Å². The van der Waals surface area contributed by atoms with Gasteiger partial charge in [-0.05, 0) is 57.5 Å². The summed E-state index contributed by atoms with van der Waals surface area (Å²) in [5.41, 5.74) is 2.08. The molecule has 1 atom stereocenters. The maximum absolute atomic E-state index is 12.9. The van der Waals surface area contributed by atoms with Gasteiger partial charge in [-0.1, -0.05) is 45.8 Å². The molecule has 0 heterocycles. The molecule has 0 aliphatic rings. The van der Waals surface area contributed by atoms with Gasteiger partial charge in [-0.2, -0.15) is 0 Å². The fraction of sp³-hybridized carbons (Fsp3) is 0.364. The van der Waals surface area contributed by atoms with Gasteiger partial charge in [0.1, 0.15) is 11.8 Å². The van der Waals surface area contributed by atoms with Crippen LogP contribution in [-0.4, -0.2) is 35.4 Å². The number of ether oxygens (including phenoxy) is 1. The third-order valence-corrected chi connectivity index (χ3v) is 4.74. The molecule has 2 amide bonds. The molecule has 5 nitrogen and oxygen atoms in total. The van der Waals surface area contributed by atoms with Gasteiger partial charge in [0, 0.05) is 17.1 Å². The molecule has 0 aromatic heterocycles. The molecule has 0 fully saturated rings. The number of amides is 2.